The monoisotopic (exact) mass is 709 g/mol. The Bertz CT molecular complexity index is 1530. The summed E-state index contributed by atoms with van der Waals surface area (Å²) in [6.07, 6.45) is 3.94. The number of rotatable bonds is 14. The van der Waals surface area contributed by atoms with E-state index in [4.69, 9.17) is 13.8 Å². The summed E-state index contributed by atoms with van der Waals surface area (Å²) in [4.78, 5) is 21.4. The van der Waals surface area contributed by atoms with Gasteiger partial charge in [0, 0.05) is 24.6 Å². The van der Waals surface area contributed by atoms with E-state index in [1.165, 1.54) is 19.2 Å². The van der Waals surface area contributed by atoms with E-state index in [0.717, 1.165) is 10.6 Å². The minimum absolute atomic E-state index is 0.00559. The molecule has 2 atom stereocenters. The Morgan fingerprint density at radius 3 is 1.94 bits per heavy atom. The van der Waals surface area contributed by atoms with Crippen LogP contribution in [0, 0.1) is 5.82 Å². The van der Waals surface area contributed by atoms with Crippen molar-refractivity contribution in [3.05, 3.63) is 47.4 Å². The van der Waals surface area contributed by atoms with Crippen molar-refractivity contribution in [1.82, 2.24) is 9.97 Å². The summed E-state index contributed by atoms with van der Waals surface area (Å²) < 4.78 is 53.6. The van der Waals surface area contributed by atoms with Crippen LogP contribution < -0.4 is 4.31 Å². The molecule has 0 aliphatic heterocycles. The molecule has 13 heteroatoms. The number of hydrogen-bond acceptors (Lipinski definition) is 7. The van der Waals surface area contributed by atoms with Crippen LogP contribution in [-0.2, 0) is 23.7 Å². The molecule has 264 valence electrons. The molecule has 0 amide bonds. The minimum atomic E-state index is -3.67. The van der Waals surface area contributed by atoms with Gasteiger partial charge in [-0.05, 0) is 66.4 Å². The van der Waals surface area contributed by atoms with Crippen molar-refractivity contribution in [3.8, 4) is 11.3 Å². The summed E-state index contributed by atoms with van der Waals surface area (Å²) >= 11 is 0. The van der Waals surface area contributed by atoms with E-state index < -0.39 is 50.7 Å². The van der Waals surface area contributed by atoms with Crippen LogP contribution in [0.25, 0.3) is 17.3 Å². The standard InChI is InChI=1S/C34H56FN3O6SSi2/c1-23(2)30-28(31(24-15-17-25(35)18-16-24)37-32(36-30)38(9)45(10,41)42)20-19-26(43-46(11,12)33(3,4)5)21-27(22-29(39)40)44-47(13,14)34(6,7)8/h15-20,23,26-27H,21-22H2,1-14H3,(H,39,40)/b20-19+/t26-,27-/m1/s1. The van der Waals surface area contributed by atoms with Crippen molar-refractivity contribution >= 4 is 44.7 Å². The number of hydrogen-bond donors (Lipinski definition) is 1. The summed E-state index contributed by atoms with van der Waals surface area (Å²) in [6.45, 7) is 25.2. The van der Waals surface area contributed by atoms with Gasteiger partial charge in [0.25, 0.3) is 0 Å². The summed E-state index contributed by atoms with van der Waals surface area (Å²) in [5.74, 6) is -1.48. The second-order valence-corrected chi connectivity index (χ2v) is 27.2. The molecule has 0 spiro atoms. The second kappa shape index (κ2) is 15.0. The Kier molecular flexibility index (Phi) is 13.0. The lowest BCUT2D eigenvalue weighted by Crippen LogP contribution is -2.47. The van der Waals surface area contributed by atoms with Gasteiger partial charge in [0.15, 0.2) is 16.6 Å². The number of sulfonamides is 1. The molecular weight excluding hydrogens is 654 g/mol. The molecule has 0 radical (unpaired) electrons. The van der Waals surface area contributed by atoms with Crippen molar-refractivity contribution in [2.75, 3.05) is 17.6 Å². The zero-order valence-corrected chi connectivity index (χ0v) is 33.5. The maximum atomic E-state index is 14.0. The van der Waals surface area contributed by atoms with Gasteiger partial charge in [-0.1, -0.05) is 67.5 Å². The normalized spacial score (nSPS) is 14.9. The molecule has 2 aromatic rings. The zero-order valence-electron chi connectivity index (χ0n) is 30.7. The number of halogens is 1. The first kappa shape index (κ1) is 40.7. The molecule has 1 aromatic carbocycles. The molecule has 0 aliphatic rings. The molecule has 0 bridgehead atoms. The lowest BCUT2D eigenvalue weighted by molar-refractivity contribution is -0.139. The molecule has 9 nitrogen and oxygen atoms in total. The van der Waals surface area contributed by atoms with Crippen LogP contribution >= 0.6 is 0 Å². The molecule has 0 saturated heterocycles. The molecule has 47 heavy (non-hydrogen) atoms. The van der Waals surface area contributed by atoms with Gasteiger partial charge in [0.1, 0.15) is 5.82 Å². The number of carbonyl (C=O) groups is 1. The predicted molar refractivity (Wildman–Crippen MR) is 195 cm³/mol. The van der Waals surface area contributed by atoms with Gasteiger partial charge in [-0.25, -0.2) is 27.1 Å². The zero-order chi connectivity index (χ0) is 36.3. The minimum Gasteiger partial charge on any atom is -0.481 e. The molecule has 1 N–H and O–H groups in total. The Morgan fingerprint density at radius 2 is 1.49 bits per heavy atom. The Balaban J connectivity index is 2.83. The van der Waals surface area contributed by atoms with Gasteiger partial charge >= 0.3 is 5.97 Å². The van der Waals surface area contributed by atoms with Gasteiger partial charge < -0.3 is 14.0 Å². The van der Waals surface area contributed by atoms with Gasteiger partial charge in [-0.2, -0.15) is 0 Å². The van der Waals surface area contributed by atoms with Gasteiger partial charge in [-0.15, -0.1) is 0 Å². The summed E-state index contributed by atoms with van der Waals surface area (Å²) in [5, 5.41) is 9.63. The second-order valence-electron chi connectivity index (χ2n) is 15.7. The van der Waals surface area contributed by atoms with Crippen LogP contribution in [0.5, 0.6) is 0 Å². The van der Waals surface area contributed by atoms with E-state index in [-0.39, 0.29) is 28.4 Å². The Labute approximate surface area is 284 Å². The highest BCUT2D eigenvalue weighted by atomic mass is 32.2. The first-order chi connectivity index (χ1) is 21.2. The van der Waals surface area contributed by atoms with Crippen LogP contribution in [0.2, 0.25) is 36.3 Å². The van der Waals surface area contributed by atoms with E-state index in [2.05, 4.69) is 72.7 Å². The molecule has 1 heterocycles. The van der Waals surface area contributed by atoms with E-state index in [0.29, 0.717) is 28.9 Å². The molecule has 0 unspecified atom stereocenters. The van der Waals surface area contributed by atoms with Crippen LogP contribution in [0.4, 0.5) is 10.3 Å². The third kappa shape index (κ3) is 11.0. The predicted octanol–water partition coefficient (Wildman–Crippen LogP) is 8.46. The quantitative estimate of drug-likeness (QED) is 0.194. The number of carboxylic acid groups (broad SMARTS) is 1. The van der Waals surface area contributed by atoms with Gasteiger partial charge in [0.2, 0.25) is 16.0 Å². The molecule has 0 saturated carbocycles. The van der Waals surface area contributed by atoms with Gasteiger partial charge in [0.05, 0.1) is 36.3 Å². The van der Waals surface area contributed by atoms with Crippen LogP contribution in [0.3, 0.4) is 0 Å². The number of aliphatic carboxylic acids is 1. The average molecular weight is 710 g/mol. The number of aromatic nitrogens is 2. The van der Waals surface area contributed by atoms with Crippen LogP contribution in [0.1, 0.15) is 85.4 Å². The highest BCUT2D eigenvalue weighted by molar-refractivity contribution is 7.92. The third-order valence-electron chi connectivity index (χ3n) is 9.30. The van der Waals surface area contributed by atoms with Crippen molar-refractivity contribution in [1.29, 1.82) is 0 Å². The van der Waals surface area contributed by atoms with E-state index in [1.807, 2.05) is 26.0 Å². The summed E-state index contributed by atoms with van der Waals surface area (Å²) in [6, 6.07) is 5.86. The van der Waals surface area contributed by atoms with E-state index >= 15 is 0 Å². The summed E-state index contributed by atoms with van der Waals surface area (Å²) in [5.41, 5.74) is 2.27. The van der Waals surface area contributed by atoms with Crippen molar-refractivity contribution < 1.29 is 31.6 Å². The highest BCUT2D eigenvalue weighted by Gasteiger charge is 2.42. The highest BCUT2D eigenvalue weighted by Crippen LogP contribution is 2.41. The molecular formula is C34H56FN3O6SSi2. The maximum absolute atomic E-state index is 14.0. The molecule has 1 aromatic heterocycles. The largest absolute Gasteiger partial charge is 0.481 e. The first-order valence-corrected chi connectivity index (χ1v) is 23.7. The smallest absolute Gasteiger partial charge is 0.305 e. The Hall–Kier alpha value is -2.46. The lowest BCUT2D eigenvalue weighted by Gasteiger charge is -2.42. The summed E-state index contributed by atoms with van der Waals surface area (Å²) in [7, 11) is -6.97. The SMILES string of the molecule is CC(C)c1nc(N(C)S(C)(=O)=O)nc(-c2ccc(F)cc2)c1/C=C/[C@H](C[C@H](CC(=O)O)O[Si](C)(C)C(C)(C)C)O[Si](C)(C)C(C)(C)C. The fourth-order valence-corrected chi connectivity index (χ4v) is 7.37. The molecule has 0 fully saturated rings. The average Bonchev–Trinajstić information content (AvgIpc) is 2.88. The van der Waals surface area contributed by atoms with Crippen molar-refractivity contribution in [3.63, 3.8) is 0 Å². The number of anilines is 1. The van der Waals surface area contributed by atoms with Crippen molar-refractivity contribution in [2.24, 2.45) is 0 Å². The van der Waals surface area contributed by atoms with E-state index in [1.54, 1.807) is 12.1 Å². The molecule has 2 rings (SSSR count). The maximum Gasteiger partial charge on any atom is 0.305 e. The Morgan fingerprint density at radius 1 is 0.979 bits per heavy atom. The number of nitrogens with zero attached hydrogens (tertiary/aromatic N) is 3. The topological polar surface area (TPSA) is 119 Å². The van der Waals surface area contributed by atoms with Crippen LogP contribution in [0.15, 0.2) is 30.3 Å². The first-order valence-electron chi connectivity index (χ1n) is 16.0. The lowest BCUT2D eigenvalue weighted by atomic mass is 9.97. The van der Waals surface area contributed by atoms with Crippen molar-refractivity contribution in [2.45, 2.75) is 123 Å². The third-order valence-corrected chi connectivity index (χ3v) is 19.5. The van der Waals surface area contributed by atoms with Gasteiger partial charge in [-0.3, -0.25) is 4.79 Å². The molecule has 0 aliphatic carbocycles. The fraction of sp³-hybridized carbons (Fsp3) is 0.618. The fourth-order valence-electron chi connectivity index (χ4n) is 4.34. The van der Waals surface area contributed by atoms with Crippen LogP contribution in [-0.4, -0.2) is 71.6 Å². The number of carboxylic acids is 1. The number of benzene rings is 1. The van der Waals surface area contributed by atoms with E-state index in [9.17, 15) is 22.7 Å².